The zero-order valence-corrected chi connectivity index (χ0v) is 11.2. The van der Waals surface area contributed by atoms with Gasteiger partial charge in [-0.25, -0.2) is 0 Å². The largest absolute Gasteiger partial charge is 0.295 e. The van der Waals surface area contributed by atoms with E-state index < -0.39 is 0 Å². The Balaban J connectivity index is 2.16. The Morgan fingerprint density at radius 1 is 1.53 bits per heavy atom. The lowest BCUT2D eigenvalue weighted by atomic mass is 10.2. The summed E-state index contributed by atoms with van der Waals surface area (Å²) < 4.78 is 3.16. The maximum absolute atomic E-state index is 4.42. The van der Waals surface area contributed by atoms with Crippen molar-refractivity contribution in [3.63, 3.8) is 0 Å². The average molecular weight is 272 g/mol. The molecule has 1 aromatic rings. The van der Waals surface area contributed by atoms with E-state index in [-0.39, 0.29) is 0 Å². The van der Waals surface area contributed by atoms with Crippen LogP contribution in [0.4, 0.5) is 0 Å². The maximum Gasteiger partial charge on any atom is 0.0739 e. The third-order valence-corrected chi connectivity index (χ3v) is 4.34. The van der Waals surface area contributed by atoms with Crippen molar-refractivity contribution in [3.8, 4) is 0 Å². The summed E-state index contributed by atoms with van der Waals surface area (Å²) >= 11 is 3.62. The second kappa shape index (κ2) is 4.26. The summed E-state index contributed by atoms with van der Waals surface area (Å²) in [4.78, 5) is 2.53. The van der Waals surface area contributed by atoms with Crippen LogP contribution >= 0.6 is 15.9 Å². The Kier molecular flexibility index (Phi) is 3.16. The lowest BCUT2D eigenvalue weighted by molar-refractivity contribution is 0.253. The zero-order chi connectivity index (χ0) is 11.0. The van der Waals surface area contributed by atoms with Gasteiger partial charge in [0.2, 0.25) is 0 Å². The average Bonchev–Trinajstić information content (AvgIpc) is 2.67. The molecule has 2 heterocycles. The second-order valence-corrected chi connectivity index (χ2v) is 5.22. The number of hydrogen-bond acceptors (Lipinski definition) is 2. The molecule has 1 saturated heterocycles. The quantitative estimate of drug-likeness (QED) is 0.824. The lowest BCUT2D eigenvalue weighted by Crippen LogP contribution is -2.27. The third-order valence-electron chi connectivity index (χ3n) is 3.31. The van der Waals surface area contributed by atoms with Gasteiger partial charge in [-0.05, 0) is 49.2 Å². The zero-order valence-electron chi connectivity index (χ0n) is 9.63. The van der Waals surface area contributed by atoms with Gasteiger partial charge in [-0.15, -0.1) is 0 Å². The number of nitrogens with zero attached hydrogens (tertiary/aromatic N) is 3. The highest BCUT2D eigenvalue weighted by Crippen LogP contribution is 2.25. The summed E-state index contributed by atoms with van der Waals surface area (Å²) in [5.74, 6) is 0. The summed E-state index contributed by atoms with van der Waals surface area (Å²) in [6.45, 7) is 6.59. The van der Waals surface area contributed by atoms with Crippen molar-refractivity contribution in [2.24, 2.45) is 7.05 Å². The van der Waals surface area contributed by atoms with Crippen LogP contribution in [0.2, 0.25) is 0 Å². The predicted octanol–water partition coefficient (Wildman–Crippen LogP) is 2.48. The molecule has 1 atom stereocenters. The van der Waals surface area contributed by atoms with Crippen LogP contribution in [0.1, 0.15) is 31.2 Å². The minimum atomic E-state index is 0.715. The van der Waals surface area contributed by atoms with Crippen LogP contribution in [-0.2, 0) is 13.6 Å². The smallest absolute Gasteiger partial charge is 0.0739 e. The maximum atomic E-state index is 4.42. The van der Waals surface area contributed by atoms with E-state index in [2.05, 4.69) is 32.9 Å². The van der Waals surface area contributed by atoms with E-state index in [1.807, 2.05) is 18.7 Å². The van der Waals surface area contributed by atoms with Crippen molar-refractivity contribution in [1.29, 1.82) is 0 Å². The molecule has 0 bridgehead atoms. The Hall–Kier alpha value is -0.350. The lowest BCUT2D eigenvalue weighted by Gasteiger charge is -2.20. The third kappa shape index (κ3) is 2.11. The van der Waals surface area contributed by atoms with E-state index in [1.54, 1.807) is 0 Å². The van der Waals surface area contributed by atoms with Crippen LogP contribution < -0.4 is 0 Å². The van der Waals surface area contributed by atoms with Crippen LogP contribution in [0.15, 0.2) is 4.47 Å². The van der Waals surface area contributed by atoms with Gasteiger partial charge in [0, 0.05) is 19.6 Å². The fraction of sp³-hybridized carbons (Fsp3) is 0.727. The molecule has 15 heavy (non-hydrogen) atoms. The van der Waals surface area contributed by atoms with Crippen molar-refractivity contribution < 1.29 is 0 Å². The first-order valence-corrected chi connectivity index (χ1v) is 6.31. The number of hydrogen-bond donors (Lipinski definition) is 0. The van der Waals surface area contributed by atoms with Crippen LogP contribution in [0.3, 0.4) is 0 Å². The van der Waals surface area contributed by atoms with Crippen LogP contribution in [0.25, 0.3) is 0 Å². The van der Waals surface area contributed by atoms with Crippen molar-refractivity contribution in [3.05, 3.63) is 15.9 Å². The van der Waals surface area contributed by atoms with Gasteiger partial charge in [0.1, 0.15) is 0 Å². The SMILES string of the molecule is Cc1nn(C)c(CN2CCCC2C)c1Br. The van der Waals surface area contributed by atoms with Gasteiger partial charge in [-0.1, -0.05) is 0 Å². The van der Waals surface area contributed by atoms with Crippen molar-refractivity contribution in [2.45, 2.75) is 39.3 Å². The molecule has 0 N–H and O–H groups in total. The highest BCUT2D eigenvalue weighted by molar-refractivity contribution is 9.10. The summed E-state index contributed by atoms with van der Waals surface area (Å²) in [6, 6.07) is 0.715. The summed E-state index contributed by atoms with van der Waals surface area (Å²) in [5.41, 5.74) is 2.38. The minimum Gasteiger partial charge on any atom is -0.295 e. The number of aromatic nitrogens is 2. The van der Waals surface area contributed by atoms with E-state index in [4.69, 9.17) is 0 Å². The minimum absolute atomic E-state index is 0.715. The van der Waals surface area contributed by atoms with E-state index in [0.29, 0.717) is 6.04 Å². The molecule has 1 aliphatic heterocycles. The Bertz CT molecular complexity index is 359. The molecule has 1 unspecified atom stereocenters. The Morgan fingerprint density at radius 2 is 2.27 bits per heavy atom. The molecule has 2 rings (SSSR count). The fourth-order valence-electron chi connectivity index (χ4n) is 2.27. The first kappa shape index (κ1) is 11.1. The molecule has 0 aliphatic carbocycles. The summed E-state index contributed by atoms with van der Waals surface area (Å²) in [6.07, 6.45) is 2.66. The summed E-state index contributed by atoms with van der Waals surface area (Å²) in [7, 11) is 2.02. The summed E-state index contributed by atoms with van der Waals surface area (Å²) in [5, 5.41) is 4.42. The number of aryl methyl sites for hydroxylation is 2. The molecule has 1 aromatic heterocycles. The first-order valence-electron chi connectivity index (χ1n) is 5.51. The van der Waals surface area contributed by atoms with Gasteiger partial charge in [-0.3, -0.25) is 9.58 Å². The van der Waals surface area contributed by atoms with Crippen LogP contribution in [0, 0.1) is 6.92 Å². The highest BCUT2D eigenvalue weighted by Gasteiger charge is 2.22. The van der Waals surface area contributed by atoms with Crippen LogP contribution in [-0.4, -0.2) is 27.3 Å². The van der Waals surface area contributed by atoms with Gasteiger partial charge in [0.05, 0.1) is 15.9 Å². The van der Waals surface area contributed by atoms with E-state index in [1.165, 1.54) is 29.6 Å². The van der Waals surface area contributed by atoms with E-state index in [9.17, 15) is 0 Å². The van der Waals surface area contributed by atoms with E-state index in [0.717, 1.165) is 12.2 Å². The predicted molar refractivity (Wildman–Crippen MR) is 64.8 cm³/mol. The monoisotopic (exact) mass is 271 g/mol. The van der Waals surface area contributed by atoms with Crippen molar-refractivity contribution in [1.82, 2.24) is 14.7 Å². The number of halogens is 1. The van der Waals surface area contributed by atoms with Crippen molar-refractivity contribution >= 4 is 15.9 Å². The molecule has 3 nitrogen and oxygen atoms in total. The standard InChI is InChI=1S/C11H18BrN3/c1-8-5-4-6-15(8)7-10-11(12)9(2)13-14(10)3/h8H,4-7H2,1-3H3. The van der Waals surface area contributed by atoms with Gasteiger partial charge in [0.25, 0.3) is 0 Å². The molecule has 0 radical (unpaired) electrons. The van der Waals surface area contributed by atoms with Crippen LogP contribution in [0.5, 0.6) is 0 Å². The molecule has 1 fully saturated rings. The van der Waals surface area contributed by atoms with Crippen molar-refractivity contribution in [2.75, 3.05) is 6.54 Å². The Morgan fingerprint density at radius 3 is 2.73 bits per heavy atom. The van der Waals surface area contributed by atoms with Gasteiger partial charge in [-0.2, -0.15) is 5.10 Å². The first-order chi connectivity index (χ1) is 7.09. The Labute approximate surface area is 99.6 Å². The highest BCUT2D eigenvalue weighted by atomic mass is 79.9. The van der Waals surface area contributed by atoms with Gasteiger partial charge in [0.15, 0.2) is 0 Å². The normalized spacial score (nSPS) is 22.5. The molecule has 4 heteroatoms. The molecule has 0 spiro atoms. The number of rotatable bonds is 2. The number of likely N-dealkylation sites (tertiary alicyclic amines) is 1. The molecule has 0 aromatic carbocycles. The molecule has 0 amide bonds. The molecular formula is C11H18BrN3. The van der Waals surface area contributed by atoms with Gasteiger partial charge < -0.3 is 0 Å². The molecule has 84 valence electrons. The molecule has 1 aliphatic rings. The van der Waals surface area contributed by atoms with E-state index >= 15 is 0 Å². The molecular weight excluding hydrogens is 254 g/mol. The van der Waals surface area contributed by atoms with Gasteiger partial charge >= 0.3 is 0 Å². The topological polar surface area (TPSA) is 21.1 Å². The molecule has 0 saturated carbocycles. The second-order valence-electron chi connectivity index (χ2n) is 4.43. The fourth-order valence-corrected chi connectivity index (χ4v) is 2.73.